The van der Waals surface area contributed by atoms with E-state index in [1.807, 2.05) is 0 Å². The maximum Gasteiger partial charge on any atom is 0.332 e. The van der Waals surface area contributed by atoms with Crippen molar-refractivity contribution in [3.05, 3.63) is 59.2 Å². The molecule has 3 N–H and O–H groups in total. The number of hydrogen-bond donors (Lipinski definition) is 3. The number of phenols is 1. The van der Waals surface area contributed by atoms with Crippen LogP contribution >= 0.6 is 0 Å². The first-order valence-corrected chi connectivity index (χ1v) is 7.92. The van der Waals surface area contributed by atoms with Gasteiger partial charge in [0.2, 0.25) is 0 Å². The molecule has 0 aliphatic heterocycles. The molecule has 1 aliphatic rings. The number of carboxylic acid groups (broad SMARTS) is 1. The molecule has 0 saturated carbocycles. The molecule has 0 atom stereocenters. The molecule has 5 nitrogen and oxygen atoms in total. The maximum atomic E-state index is 14.4. The second-order valence-corrected chi connectivity index (χ2v) is 5.94. The van der Waals surface area contributed by atoms with Crippen molar-refractivity contribution in [3.8, 4) is 16.9 Å². The van der Waals surface area contributed by atoms with Crippen molar-refractivity contribution in [2.75, 3.05) is 5.32 Å². The van der Waals surface area contributed by atoms with Crippen LogP contribution in [-0.2, 0) is 9.59 Å². The van der Waals surface area contributed by atoms with Crippen LogP contribution in [0, 0.1) is 11.6 Å². The summed E-state index contributed by atoms with van der Waals surface area (Å²) in [6, 6.07) is 7.98. The Labute approximate surface area is 147 Å². The van der Waals surface area contributed by atoms with Crippen molar-refractivity contribution in [1.82, 2.24) is 0 Å². The lowest BCUT2D eigenvalue weighted by atomic mass is 10.0. The smallest absolute Gasteiger partial charge is 0.332 e. The van der Waals surface area contributed by atoms with E-state index in [2.05, 4.69) is 5.32 Å². The van der Waals surface area contributed by atoms with E-state index in [0.717, 1.165) is 12.1 Å². The van der Waals surface area contributed by atoms with Crippen LogP contribution in [0.5, 0.6) is 5.75 Å². The van der Waals surface area contributed by atoms with Crippen LogP contribution in [0.25, 0.3) is 11.1 Å². The zero-order chi connectivity index (χ0) is 18.8. The molecule has 3 rings (SSSR count). The molecule has 0 spiro atoms. The van der Waals surface area contributed by atoms with Crippen molar-refractivity contribution in [3.63, 3.8) is 0 Å². The van der Waals surface area contributed by atoms with Gasteiger partial charge in [-0.05, 0) is 54.7 Å². The molecule has 134 valence electrons. The predicted octanol–water partition coefficient (Wildman–Crippen LogP) is 3.84. The van der Waals surface area contributed by atoms with Gasteiger partial charge in [-0.3, -0.25) is 4.79 Å². The molecule has 7 heteroatoms. The summed E-state index contributed by atoms with van der Waals surface area (Å²) in [4.78, 5) is 23.4. The van der Waals surface area contributed by atoms with Crippen LogP contribution in [0.4, 0.5) is 14.5 Å². The minimum absolute atomic E-state index is 0.0281. The topological polar surface area (TPSA) is 86.6 Å². The summed E-state index contributed by atoms with van der Waals surface area (Å²) in [6.45, 7) is 0. The third kappa shape index (κ3) is 3.42. The molecule has 1 amide bonds. The van der Waals surface area contributed by atoms with E-state index < -0.39 is 29.2 Å². The number of amides is 1. The Morgan fingerprint density at radius 3 is 2.23 bits per heavy atom. The van der Waals surface area contributed by atoms with Crippen LogP contribution in [0.2, 0.25) is 0 Å². The summed E-state index contributed by atoms with van der Waals surface area (Å²) < 4.78 is 28.7. The van der Waals surface area contributed by atoms with Crippen molar-refractivity contribution in [2.24, 2.45) is 0 Å². The molecular weight excluding hydrogens is 344 g/mol. The summed E-state index contributed by atoms with van der Waals surface area (Å²) in [5.41, 5.74) is -0.0244. The normalized spacial score (nSPS) is 13.8. The van der Waals surface area contributed by atoms with E-state index in [-0.39, 0.29) is 35.3 Å². The Kier molecular flexibility index (Phi) is 4.71. The standard InChI is InChI=1S/C19H15F2NO4/c20-15-8-11(10-3-1-4-12(23)7-10)9-16(21)17(15)22-18(24)13-5-2-6-14(13)19(25)26/h1,3-4,7-9,23H,2,5-6H2,(H,22,24)(H,25,26). The van der Waals surface area contributed by atoms with Crippen LogP contribution in [0.3, 0.4) is 0 Å². The molecule has 1 aliphatic carbocycles. The van der Waals surface area contributed by atoms with E-state index in [1.54, 1.807) is 6.07 Å². The molecule has 0 unspecified atom stereocenters. The maximum absolute atomic E-state index is 14.4. The molecule has 2 aromatic carbocycles. The van der Waals surface area contributed by atoms with Gasteiger partial charge in [-0.25, -0.2) is 13.6 Å². The van der Waals surface area contributed by atoms with E-state index in [1.165, 1.54) is 18.2 Å². The summed E-state index contributed by atoms with van der Waals surface area (Å²) in [5.74, 6) is -4.05. The van der Waals surface area contributed by atoms with Crippen LogP contribution in [0.1, 0.15) is 19.3 Å². The number of rotatable bonds is 4. The number of aromatic hydroxyl groups is 1. The average molecular weight is 359 g/mol. The number of halogens is 2. The first-order chi connectivity index (χ1) is 12.4. The van der Waals surface area contributed by atoms with Gasteiger partial charge in [0.15, 0.2) is 0 Å². The van der Waals surface area contributed by atoms with Crippen molar-refractivity contribution < 1.29 is 28.6 Å². The SMILES string of the molecule is O=C(O)C1=C(C(=O)Nc2c(F)cc(-c3cccc(O)c3)cc2F)CCC1. The number of hydrogen-bond acceptors (Lipinski definition) is 3. The third-order valence-electron chi connectivity index (χ3n) is 4.21. The van der Waals surface area contributed by atoms with Gasteiger partial charge in [-0.2, -0.15) is 0 Å². The minimum Gasteiger partial charge on any atom is -0.508 e. The number of nitrogens with one attached hydrogen (secondary N) is 1. The van der Waals surface area contributed by atoms with Crippen molar-refractivity contribution in [2.45, 2.75) is 19.3 Å². The molecule has 0 bridgehead atoms. The van der Waals surface area contributed by atoms with Gasteiger partial charge in [-0.1, -0.05) is 12.1 Å². The highest BCUT2D eigenvalue weighted by molar-refractivity contribution is 6.09. The van der Waals surface area contributed by atoms with Crippen LogP contribution < -0.4 is 5.32 Å². The number of phenolic OH excluding ortho intramolecular Hbond substituents is 1. The molecule has 0 radical (unpaired) electrons. The fourth-order valence-corrected chi connectivity index (χ4v) is 2.96. The van der Waals surface area contributed by atoms with Crippen molar-refractivity contribution in [1.29, 1.82) is 0 Å². The van der Waals surface area contributed by atoms with Gasteiger partial charge in [0.25, 0.3) is 5.91 Å². The second kappa shape index (κ2) is 6.95. The lowest BCUT2D eigenvalue weighted by Crippen LogP contribution is -2.18. The van der Waals surface area contributed by atoms with Gasteiger partial charge < -0.3 is 15.5 Å². The quantitative estimate of drug-likeness (QED) is 0.774. The highest BCUT2D eigenvalue weighted by Crippen LogP contribution is 2.31. The zero-order valence-electron chi connectivity index (χ0n) is 13.6. The zero-order valence-corrected chi connectivity index (χ0v) is 13.6. The second-order valence-electron chi connectivity index (χ2n) is 5.94. The molecule has 0 fully saturated rings. The molecule has 0 saturated heterocycles. The summed E-state index contributed by atoms with van der Waals surface area (Å²) in [6.07, 6.45) is 1.00. The monoisotopic (exact) mass is 359 g/mol. The number of carbonyl (C=O) groups excluding carboxylic acids is 1. The molecule has 0 aromatic heterocycles. The van der Waals surface area contributed by atoms with E-state index >= 15 is 0 Å². The fourth-order valence-electron chi connectivity index (χ4n) is 2.96. The lowest BCUT2D eigenvalue weighted by molar-refractivity contribution is -0.133. The fraction of sp³-hybridized carbons (Fsp3) is 0.158. The Hall–Kier alpha value is -3.22. The van der Waals surface area contributed by atoms with Crippen LogP contribution in [-0.4, -0.2) is 22.1 Å². The van der Waals surface area contributed by atoms with Gasteiger partial charge in [0, 0.05) is 11.1 Å². The number of benzene rings is 2. The van der Waals surface area contributed by atoms with Crippen LogP contribution in [0.15, 0.2) is 47.5 Å². The summed E-state index contributed by atoms with van der Waals surface area (Å²) >= 11 is 0. The van der Waals surface area contributed by atoms with Gasteiger partial charge >= 0.3 is 5.97 Å². The largest absolute Gasteiger partial charge is 0.508 e. The van der Waals surface area contributed by atoms with Gasteiger partial charge in [0.1, 0.15) is 23.1 Å². The predicted molar refractivity (Wildman–Crippen MR) is 90.6 cm³/mol. The highest BCUT2D eigenvalue weighted by atomic mass is 19.1. The van der Waals surface area contributed by atoms with E-state index in [9.17, 15) is 23.5 Å². The molecular formula is C19H15F2NO4. The van der Waals surface area contributed by atoms with E-state index in [0.29, 0.717) is 12.0 Å². The number of aliphatic carboxylic acids is 1. The average Bonchev–Trinajstić information content (AvgIpc) is 3.08. The number of carbonyl (C=O) groups is 2. The number of anilines is 1. The first-order valence-electron chi connectivity index (χ1n) is 7.92. The molecule has 0 heterocycles. The van der Waals surface area contributed by atoms with E-state index in [4.69, 9.17) is 5.11 Å². The van der Waals surface area contributed by atoms with Crippen molar-refractivity contribution >= 4 is 17.6 Å². The molecule has 26 heavy (non-hydrogen) atoms. The summed E-state index contributed by atoms with van der Waals surface area (Å²) in [7, 11) is 0. The van der Waals surface area contributed by atoms with Gasteiger partial charge in [0.05, 0.1) is 0 Å². The minimum atomic E-state index is -1.20. The highest BCUT2D eigenvalue weighted by Gasteiger charge is 2.26. The summed E-state index contributed by atoms with van der Waals surface area (Å²) in [5, 5.41) is 20.7. The Morgan fingerprint density at radius 1 is 0.962 bits per heavy atom. The Balaban J connectivity index is 1.91. The lowest BCUT2D eigenvalue weighted by Gasteiger charge is -2.11. The Morgan fingerprint density at radius 2 is 1.62 bits per heavy atom. The Bertz CT molecular complexity index is 914. The van der Waals surface area contributed by atoms with Gasteiger partial charge in [-0.15, -0.1) is 0 Å². The number of carboxylic acids is 1. The molecule has 2 aromatic rings. The third-order valence-corrected chi connectivity index (χ3v) is 4.21. The first kappa shape index (κ1) is 17.6.